The molecule has 18 heavy (non-hydrogen) atoms. The molecule has 0 spiro atoms. The molecule has 0 saturated carbocycles. The first-order valence-electron chi connectivity index (χ1n) is 5.21. The van der Waals surface area contributed by atoms with Crippen LogP contribution in [-0.4, -0.2) is 25.0 Å². The van der Waals surface area contributed by atoms with Gasteiger partial charge in [0.15, 0.2) is 0 Å². The number of thiophene rings is 2. The van der Waals surface area contributed by atoms with Crippen LogP contribution in [0.4, 0.5) is 0 Å². The van der Waals surface area contributed by atoms with Crippen molar-refractivity contribution in [2.45, 2.75) is 6.54 Å². The van der Waals surface area contributed by atoms with Gasteiger partial charge < -0.3 is 9.64 Å². The third kappa shape index (κ3) is 2.93. The minimum absolute atomic E-state index is 0.00799. The van der Waals surface area contributed by atoms with Crippen LogP contribution in [0, 0.1) is 0 Å². The minimum atomic E-state index is -0.00799. The number of rotatable bonds is 4. The van der Waals surface area contributed by atoms with Gasteiger partial charge in [0.1, 0.15) is 10.6 Å². The molecule has 0 aromatic carbocycles. The molecule has 2 rings (SSSR count). The molecule has 0 unspecified atom stereocenters. The van der Waals surface area contributed by atoms with E-state index in [4.69, 9.17) is 4.74 Å². The first-order valence-corrected chi connectivity index (χ1v) is 7.77. The minimum Gasteiger partial charge on any atom is -0.495 e. The fraction of sp³-hybridized carbons (Fsp3) is 0.250. The normalized spacial score (nSPS) is 10.4. The first-order chi connectivity index (χ1) is 8.61. The molecule has 0 fully saturated rings. The Labute approximate surface area is 122 Å². The quantitative estimate of drug-likeness (QED) is 0.842. The van der Waals surface area contributed by atoms with Crippen LogP contribution < -0.4 is 4.74 Å². The van der Waals surface area contributed by atoms with Gasteiger partial charge in [0, 0.05) is 21.8 Å². The molecule has 3 nitrogen and oxygen atoms in total. The summed E-state index contributed by atoms with van der Waals surface area (Å²) in [4.78, 5) is 15.7. The molecule has 96 valence electrons. The van der Waals surface area contributed by atoms with Gasteiger partial charge in [-0.1, -0.05) is 0 Å². The Bertz CT molecular complexity index is 550. The van der Waals surface area contributed by atoms with Gasteiger partial charge in [-0.05, 0) is 33.4 Å². The van der Waals surface area contributed by atoms with E-state index in [-0.39, 0.29) is 5.91 Å². The van der Waals surface area contributed by atoms with E-state index in [1.807, 2.05) is 22.9 Å². The molecular weight excluding hydrogens is 334 g/mol. The zero-order chi connectivity index (χ0) is 13.1. The summed E-state index contributed by atoms with van der Waals surface area (Å²) in [6.07, 6.45) is 0. The zero-order valence-corrected chi connectivity index (χ0v) is 13.2. The number of hydrogen-bond donors (Lipinski definition) is 0. The number of carbonyl (C=O) groups excluding carboxylic acids is 1. The molecule has 2 aromatic heterocycles. The van der Waals surface area contributed by atoms with Gasteiger partial charge in [0.25, 0.3) is 5.91 Å². The lowest BCUT2D eigenvalue weighted by Gasteiger charge is -2.15. The SMILES string of the molecule is COc1ccsc1C(=O)N(C)Cc1cc(Br)cs1. The predicted octanol–water partition coefficient (Wildman–Crippen LogP) is 3.85. The molecule has 2 aromatic rings. The molecule has 0 aliphatic rings. The lowest BCUT2D eigenvalue weighted by atomic mass is 10.3. The van der Waals surface area contributed by atoms with Crippen LogP contribution in [0.1, 0.15) is 14.5 Å². The van der Waals surface area contributed by atoms with Crippen LogP contribution in [0.3, 0.4) is 0 Å². The fourth-order valence-corrected chi connectivity index (χ4v) is 3.89. The van der Waals surface area contributed by atoms with Crippen LogP contribution in [0.2, 0.25) is 0 Å². The fourth-order valence-electron chi connectivity index (χ4n) is 1.53. The topological polar surface area (TPSA) is 29.5 Å². The van der Waals surface area contributed by atoms with Crippen molar-refractivity contribution in [3.05, 3.63) is 37.1 Å². The van der Waals surface area contributed by atoms with Crippen molar-refractivity contribution in [1.29, 1.82) is 0 Å². The van der Waals surface area contributed by atoms with Crippen LogP contribution in [0.15, 0.2) is 27.4 Å². The second-order valence-electron chi connectivity index (χ2n) is 3.71. The predicted molar refractivity (Wildman–Crippen MR) is 78.7 cm³/mol. The maximum atomic E-state index is 12.2. The number of amides is 1. The van der Waals surface area contributed by atoms with Crippen molar-refractivity contribution in [2.75, 3.05) is 14.2 Å². The van der Waals surface area contributed by atoms with E-state index >= 15 is 0 Å². The molecule has 2 heterocycles. The number of halogens is 1. The smallest absolute Gasteiger partial charge is 0.267 e. The average molecular weight is 346 g/mol. The van der Waals surface area contributed by atoms with E-state index in [9.17, 15) is 4.79 Å². The van der Waals surface area contributed by atoms with Crippen molar-refractivity contribution in [2.24, 2.45) is 0 Å². The van der Waals surface area contributed by atoms with Crippen molar-refractivity contribution in [3.8, 4) is 5.75 Å². The Morgan fingerprint density at radius 3 is 2.89 bits per heavy atom. The summed E-state index contributed by atoms with van der Waals surface area (Å²) < 4.78 is 6.22. The zero-order valence-electron chi connectivity index (χ0n) is 9.97. The van der Waals surface area contributed by atoms with Crippen LogP contribution in [-0.2, 0) is 6.54 Å². The molecule has 1 amide bonds. The Kier molecular flexibility index (Phi) is 4.42. The number of nitrogens with zero attached hydrogens (tertiary/aromatic N) is 1. The summed E-state index contributed by atoms with van der Waals surface area (Å²) in [5.41, 5.74) is 0. The van der Waals surface area contributed by atoms with Gasteiger partial charge in [-0.25, -0.2) is 0 Å². The first kappa shape index (κ1) is 13.6. The van der Waals surface area contributed by atoms with E-state index in [1.165, 1.54) is 11.3 Å². The lowest BCUT2D eigenvalue weighted by Crippen LogP contribution is -2.25. The summed E-state index contributed by atoms with van der Waals surface area (Å²) in [5, 5.41) is 3.88. The molecule has 6 heteroatoms. The summed E-state index contributed by atoms with van der Waals surface area (Å²) >= 11 is 6.45. The maximum Gasteiger partial charge on any atom is 0.267 e. The van der Waals surface area contributed by atoms with Gasteiger partial charge in [-0.15, -0.1) is 22.7 Å². The molecule has 0 N–H and O–H groups in total. The van der Waals surface area contributed by atoms with Crippen molar-refractivity contribution >= 4 is 44.5 Å². The third-order valence-electron chi connectivity index (χ3n) is 2.40. The van der Waals surface area contributed by atoms with E-state index in [0.717, 1.165) is 9.35 Å². The Morgan fingerprint density at radius 2 is 2.28 bits per heavy atom. The highest BCUT2D eigenvalue weighted by atomic mass is 79.9. The highest BCUT2D eigenvalue weighted by Gasteiger charge is 2.18. The largest absolute Gasteiger partial charge is 0.495 e. The van der Waals surface area contributed by atoms with Crippen LogP contribution >= 0.6 is 38.6 Å². The van der Waals surface area contributed by atoms with Crippen molar-refractivity contribution in [1.82, 2.24) is 4.90 Å². The monoisotopic (exact) mass is 345 g/mol. The number of hydrogen-bond acceptors (Lipinski definition) is 4. The third-order valence-corrected chi connectivity index (χ3v) is 4.97. The summed E-state index contributed by atoms with van der Waals surface area (Å²) in [5.74, 6) is 0.635. The molecule has 0 atom stereocenters. The highest BCUT2D eigenvalue weighted by molar-refractivity contribution is 9.10. The highest BCUT2D eigenvalue weighted by Crippen LogP contribution is 2.27. The Morgan fingerprint density at radius 1 is 1.50 bits per heavy atom. The van der Waals surface area contributed by atoms with Gasteiger partial charge in [0.05, 0.1) is 13.7 Å². The van der Waals surface area contributed by atoms with Crippen molar-refractivity contribution < 1.29 is 9.53 Å². The second-order valence-corrected chi connectivity index (χ2v) is 6.54. The Balaban J connectivity index is 2.09. The number of methoxy groups -OCH3 is 1. The van der Waals surface area contributed by atoms with E-state index in [1.54, 1.807) is 30.4 Å². The lowest BCUT2D eigenvalue weighted by molar-refractivity contribution is 0.0788. The van der Waals surface area contributed by atoms with Crippen LogP contribution in [0.25, 0.3) is 0 Å². The molecule has 0 radical (unpaired) electrons. The Hall–Kier alpha value is -0.850. The standard InChI is InChI=1S/C12H12BrNO2S2/c1-14(6-9-5-8(13)7-18-9)12(15)11-10(16-2)3-4-17-11/h3-5,7H,6H2,1-2H3. The molecule has 0 aliphatic heterocycles. The summed E-state index contributed by atoms with van der Waals surface area (Å²) in [6, 6.07) is 3.84. The number of ether oxygens (including phenoxy) is 1. The molecular formula is C12H12BrNO2S2. The second kappa shape index (κ2) is 5.86. The van der Waals surface area contributed by atoms with Crippen LogP contribution in [0.5, 0.6) is 5.75 Å². The van der Waals surface area contributed by atoms with E-state index in [2.05, 4.69) is 15.9 Å². The van der Waals surface area contributed by atoms with Gasteiger partial charge in [-0.2, -0.15) is 0 Å². The molecule has 0 bridgehead atoms. The van der Waals surface area contributed by atoms with E-state index in [0.29, 0.717) is 17.2 Å². The van der Waals surface area contributed by atoms with Gasteiger partial charge in [0.2, 0.25) is 0 Å². The van der Waals surface area contributed by atoms with Gasteiger partial charge >= 0.3 is 0 Å². The number of carbonyl (C=O) groups is 1. The molecule has 0 saturated heterocycles. The van der Waals surface area contributed by atoms with Crippen molar-refractivity contribution in [3.63, 3.8) is 0 Å². The summed E-state index contributed by atoms with van der Waals surface area (Å²) in [7, 11) is 3.38. The van der Waals surface area contributed by atoms with Gasteiger partial charge in [-0.3, -0.25) is 4.79 Å². The summed E-state index contributed by atoms with van der Waals surface area (Å²) in [6.45, 7) is 0.607. The molecule has 0 aliphatic carbocycles. The average Bonchev–Trinajstić information content (AvgIpc) is 2.96. The van der Waals surface area contributed by atoms with E-state index < -0.39 is 0 Å². The maximum absolute atomic E-state index is 12.2.